The fraction of sp³-hybridized carbons (Fsp3) is 0.312. The summed E-state index contributed by atoms with van der Waals surface area (Å²) in [6.07, 6.45) is 0. The van der Waals surface area contributed by atoms with Crippen LogP contribution >= 0.6 is 11.3 Å². The minimum atomic E-state index is -0.0707. The van der Waals surface area contributed by atoms with Gasteiger partial charge in [0.2, 0.25) is 0 Å². The van der Waals surface area contributed by atoms with Gasteiger partial charge in [0.1, 0.15) is 12.4 Å². The Morgan fingerprint density at radius 3 is 2.76 bits per heavy atom. The fourth-order valence-corrected chi connectivity index (χ4v) is 2.54. The molecule has 2 aromatic rings. The van der Waals surface area contributed by atoms with E-state index in [0.717, 1.165) is 11.3 Å². The molecule has 112 valence electrons. The van der Waals surface area contributed by atoms with E-state index in [1.807, 2.05) is 42.6 Å². The highest BCUT2D eigenvalue weighted by Crippen LogP contribution is 2.18. The molecule has 1 N–H and O–H groups in total. The molecule has 0 bridgehead atoms. The molecule has 1 amide bonds. The maximum atomic E-state index is 11.8. The van der Waals surface area contributed by atoms with Crippen LogP contribution in [0.2, 0.25) is 0 Å². The van der Waals surface area contributed by atoms with Crippen molar-refractivity contribution in [2.75, 3.05) is 20.3 Å². The van der Waals surface area contributed by atoms with Gasteiger partial charge in [0, 0.05) is 19.2 Å². The van der Waals surface area contributed by atoms with Gasteiger partial charge in [0.05, 0.1) is 11.5 Å². The maximum absolute atomic E-state index is 11.8. The summed E-state index contributed by atoms with van der Waals surface area (Å²) in [4.78, 5) is 12.5. The zero-order valence-electron chi connectivity index (χ0n) is 12.2. The molecule has 2 rings (SSSR count). The number of nitrogens with one attached hydrogen (secondary N) is 1. The molecule has 0 spiro atoms. The van der Waals surface area contributed by atoms with Crippen molar-refractivity contribution in [2.24, 2.45) is 0 Å². The van der Waals surface area contributed by atoms with Crippen LogP contribution in [-0.4, -0.2) is 26.2 Å². The van der Waals surface area contributed by atoms with Crippen LogP contribution in [0.3, 0.4) is 0 Å². The SMILES string of the molecule is COCCNC(=O)c1cc(COc2ccc(C)cc2)cs1. The van der Waals surface area contributed by atoms with Gasteiger partial charge in [-0.2, -0.15) is 0 Å². The number of ether oxygens (including phenoxy) is 2. The van der Waals surface area contributed by atoms with Crippen molar-refractivity contribution in [1.29, 1.82) is 0 Å². The van der Waals surface area contributed by atoms with E-state index in [1.54, 1.807) is 7.11 Å². The van der Waals surface area contributed by atoms with Crippen molar-refractivity contribution in [3.05, 3.63) is 51.7 Å². The van der Waals surface area contributed by atoms with Gasteiger partial charge in [-0.25, -0.2) is 0 Å². The van der Waals surface area contributed by atoms with E-state index in [2.05, 4.69) is 5.32 Å². The van der Waals surface area contributed by atoms with Crippen LogP contribution in [0.1, 0.15) is 20.8 Å². The van der Waals surface area contributed by atoms with Gasteiger partial charge in [-0.15, -0.1) is 11.3 Å². The van der Waals surface area contributed by atoms with Gasteiger partial charge in [-0.3, -0.25) is 4.79 Å². The molecule has 4 nitrogen and oxygen atoms in total. The molecule has 0 aliphatic rings. The summed E-state index contributed by atoms with van der Waals surface area (Å²) in [5.74, 6) is 0.761. The van der Waals surface area contributed by atoms with Crippen LogP contribution in [-0.2, 0) is 11.3 Å². The molecule has 21 heavy (non-hydrogen) atoms. The molecule has 0 unspecified atom stereocenters. The van der Waals surface area contributed by atoms with Gasteiger partial charge < -0.3 is 14.8 Å². The largest absolute Gasteiger partial charge is 0.489 e. The molecule has 1 heterocycles. The topological polar surface area (TPSA) is 47.6 Å². The van der Waals surface area contributed by atoms with Crippen LogP contribution in [0.15, 0.2) is 35.7 Å². The third-order valence-electron chi connectivity index (χ3n) is 2.90. The number of benzene rings is 1. The number of thiophene rings is 1. The molecule has 0 aliphatic heterocycles. The van der Waals surface area contributed by atoms with Crippen LogP contribution in [0, 0.1) is 6.92 Å². The minimum absolute atomic E-state index is 0.0707. The van der Waals surface area contributed by atoms with E-state index in [9.17, 15) is 4.79 Å². The smallest absolute Gasteiger partial charge is 0.261 e. The summed E-state index contributed by atoms with van der Waals surface area (Å²) in [7, 11) is 1.61. The number of carbonyl (C=O) groups is 1. The number of rotatable bonds is 7. The van der Waals surface area contributed by atoms with Crippen LogP contribution in [0.5, 0.6) is 5.75 Å². The molecule has 0 radical (unpaired) electrons. The summed E-state index contributed by atoms with van der Waals surface area (Å²) < 4.78 is 10.6. The molecule has 1 aromatic heterocycles. The summed E-state index contributed by atoms with van der Waals surface area (Å²) in [5, 5.41) is 4.74. The quantitative estimate of drug-likeness (QED) is 0.800. The maximum Gasteiger partial charge on any atom is 0.261 e. The molecule has 1 aromatic carbocycles. The molecule has 0 aliphatic carbocycles. The van der Waals surface area contributed by atoms with E-state index in [4.69, 9.17) is 9.47 Å². The van der Waals surface area contributed by atoms with Crippen molar-refractivity contribution < 1.29 is 14.3 Å². The van der Waals surface area contributed by atoms with Gasteiger partial charge in [0.25, 0.3) is 5.91 Å². The first kappa shape index (κ1) is 15.5. The van der Waals surface area contributed by atoms with E-state index in [0.29, 0.717) is 24.6 Å². The summed E-state index contributed by atoms with van der Waals surface area (Å²) in [6.45, 7) is 3.53. The number of carbonyl (C=O) groups excluding carboxylic acids is 1. The second-order valence-electron chi connectivity index (χ2n) is 4.67. The zero-order chi connectivity index (χ0) is 15.1. The second kappa shape index (κ2) is 7.81. The molecular weight excluding hydrogens is 286 g/mol. The molecule has 5 heteroatoms. The lowest BCUT2D eigenvalue weighted by Gasteiger charge is -2.04. The van der Waals surface area contributed by atoms with Gasteiger partial charge in [-0.05, 0) is 30.5 Å². The number of hydrogen-bond acceptors (Lipinski definition) is 4. The van der Waals surface area contributed by atoms with Crippen LogP contribution in [0.4, 0.5) is 0 Å². The molecule has 0 saturated carbocycles. The Morgan fingerprint density at radius 2 is 2.05 bits per heavy atom. The Balaban J connectivity index is 1.85. The number of aryl methyl sites for hydroxylation is 1. The van der Waals surface area contributed by atoms with Crippen LogP contribution < -0.4 is 10.1 Å². The highest BCUT2D eigenvalue weighted by atomic mass is 32.1. The first-order chi connectivity index (χ1) is 10.2. The standard InChI is InChI=1S/C16H19NO3S/c1-12-3-5-14(6-4-12)20-10-13-9-15(21-11-13)16(18)17-7-8-19-2/h3-6,9,11H,7-8,10H2,1-2H3,(H,17,18). The highest BCUT2D eigenvalue weighted by Gasteiger charge is 2.08. The predicted molar refractivity (Wildman–Crippen MR) is 84.0 cm³/mol. The average Bonchev–Trinajstić information content (AvgIpc) is 2.96. The lowest BCUT2D eigenvalue weighted by atomic mass is 10.2. The summed E-state index contributed by atoms with van der Waals surface area (Å²) in [5.41, 5.74) is 2.20. The van der Waals surface area contributed by atoms with Crippen molar-refractivity contribution in [1.82, 2.24) is 5.32 Å². The predicted octanol–water partition coefficient (Wildman–Crippen LogP) is 3.01. The van der Waals surface area contributed by atoms with Crippen molar-refractivity contribution in [3.8, 4) is 5.75 Å². The zero-order valence-corrected chi connectivity index (χ0v) is 13.0. The van der Waals surface area contributed by atoms with Gasteiger partial charge in [0.15, 0.2) is 0 Å². The van der Waals surface area contributed by atoms with Crippen molar-refractivity contribution in [3.63, 3.8) is 0 Å². The van der Waals surface area contributed by atoms with Crippen molar-refractivity contribution in [2.45, 2.75) is 13.5 Å². The van der Waals surface area contributed by atoms with E-state index in [-0.39, 0.29) is 5.91 Å². The molecule has 0 saturated heterocycles. The Kier molecular flexibility index (Phi) is 5.78. The molecule has 0 atom stereocenters. The monoisotopic (exact) mass is 305 g/mol. The molecular formula is C16H19NO3S. The third kappa shape index (κ3) is 4.88. The Bertz CT molecular complexity index is 577. The fourth-order valence-electron chi connectivity index (χ4n) is 1.73. The molecule has 0 fully saturated rings. The van der Waals surface area contributed by atoms with Crippen molar-refractivity contribution >= 4 is 17.2 Å². The number of hydrogen-bond donors (Lipinski definition) is 1. The lowest BCUT2D eigenvalue weighted by molar-refractivity contribution is 0.0941. The third-order valence-corrected chi connectivity index (χ3v) is 3.87. The second-order valence-corrected chi connectivity index (χ2v) is 5.58. The Morgan fingerprint density at radius 1 is 1.29 bits per heavy atom. The highest BCUT2D eigenvalue weighted by molar-refractivity contribution is 7.12. The minimum Gasteiger partial charge on any atom is -0.489 e. The summed E-state index contributed by atoms with van der Waals surface area (Å²) >= 11 is 1.42. The van der Waals surface area contributed by atoms with E-state index < -0.39 is 0 Å². The lowest BCUT2D eigenvalue weighted by Crippen LogP contribution is -2.26. The Hall–Kier alpha value is -1.85. The first-order valence-electron chi connectivity index (χ1n) is 6.73. The van der Waals surface area contributed by atoms with Gasteiger partial charge >= 0.3 is 0 Å². The summed E-state index contributed by atoms with van der Waals surface area (Å²) in [6, 6.07) is 9.77. The number of methoxy groups -OCH3 is 1. The van der Waals surface area contributed by atoms with E-state index >= 15 is 0 Å². The Labute approximate surface area is 128 Å². The number of amides is 1. The van der Waals surface area contributed by atoms with Gasteiger partial charge in [-0.1, -0.05) is 17.7 Å². The first-order valence-corrected chi connectivity index (χ1v) is 7.61. The van der Waals surface area contributed by atoms with E-state index in [1.165, 1.54) is 16.9 Å². The van der Waals surface area contributed by atoms with Crippen LogP contribution in [0.25, 0.3) is 0 Å². The average molecular weight is 305 g/mol. The normalized spacial score (nSPS) is 10.4.